The summed E-state index contributed by atoms with van der Waals surface area (Å²) in [5.74, 6) is -1.14. The van der Waals surface area contributed by atoms with Gasteiger partial charge in [-0.05, 0) is 31.5 Å². The van der Waals surface area contributed by atoms with Crippen LogP contribution in [0.5, 0.6) is 0 Å². The summed E-state index contributed by atoms with van der Waals surface area (Å²) in [6, 6.07) is 10.6. The molecule has 0 saturated carbocycles. The fourth-order valence-corrected chi connectivity index (χ4v) is 2.74. The Morgan fingerprint density at radius 1 is 1.00 bits per heavy atom. The summed E-state index contributed by atoms with van der Waals surface area (Å²) in [5, 5.41) is 0. The molecule has 0 saturated heterocycles. The molecule has 1 atom stereocenters. The average molecular weight is 293 g/mol. The maximum atomic E-state index is 13.8. The number of halogens is 2. The third-order valence-corrected chi connectivity index (χ3v) is 4.29. The molecular weight excluding hydrogens is 276 g/mol. The molecule has 0 aromatic heterocycles. The quantitative estimate of drug-likeness (QED) is 0.847. The van der Waals surface area contributed by atoms with Gasteiger partial charge in [0.15, 0.2) is 11.6 Å². The Labute approximate surface area is 122 Å². The van der Waals surface area contributed by atoms with E-state index in [0.29, 0.717) is 11.3 Å². The topological polar surface area (TPSA) is 26.0 Å². The Balaban J connectivity index is 2.07. The Morgan fingerprint density at radius 2 is 1.65 bits per heavy atom. The minimum absolute atomic E-state index is 0.229. The third kappa shape index (κ3) is 3.38. The van der Waals surface area contributed by atoms with Crippen LogP contribution < -0.4 is 5.73 Å². The minimum atomic E-state index is -0.831. The Kier molecular flexibility index (Phi) is 4.78. The van der Waals surface area contributed by atoms with Crippen LogP contribution in [0, 0.1) is 25.5 Å². The highest BCUT2D eigenvalue weighted by atomic mass is 32.2. The Morgan fingerprint density at radius 3 is 2.30 bits per heavy atom. The van der Waals surface area contributed by atoms with E-state index in [4.69, 9.17) is 5.73 Å². The predicted molar refractivity (Wildman–Crippen MR) is 79.9 cm³/mol. The van der Waals surface area contributed by atoms with Gasteiger partial charge in [0.05, 0.1) is 0 Å². The number of rotatable bonds is 4. The van der Waals surface area contributed by atoms with E-state index in [1.165, 1.54) is 24.2 Å². The molecule has 0 bridgehead atoms. The fourth-order valence-electron chi connectivity index (χ4n) is 1.86. The summed E-state index contributed by atoms with van der Waals surface area (Å²) in [6.07, 6.45) is 0. The molecule has 0 radical (unpaired) electrons. The maximum absolute atomic E-state index is 13.8. The summed E-state index contributed by atoms with van der Waals surface area (Å²) in [5.41, 5.74) is 7.68. The van der Waals surface area contributed by atoms with Crippen molar-refractivity contribution < 1.29 is 8.78 Å². The number of thioether (sulfide) groups is 1. The first kappa shape index (κ1) is 15.0. The van der Waals surface area contributed by atoms with E-state index < -0.39 is 17.7 Å². The van der Waals surface area contributed by atoms with Gasteiger partial charge < -0.3 is 5.73 Å². The molecule has 0 aliphatic heterocycles. The number of hydrogen-bond acceptors (Lipinski definition) is 2. The summed E-state index contributed by atoms with van der Waals surface area (Å²) in [4.78, 5) is 1.07. The van der Waals surface area contributed by atoms with Gasteiger partial charge in [-0.3, -0.25) is 0 Å². The normalized spacial score (nSPS) is 12.4. The highest BCUT2D eigenvalue weighted by molar-refractivity contribution is 7.99. The molecular formula is C16H17F2NS. The zero-order chi connectivity index (χ0) is 14.7. The molecule has 2 rings (SSSR count). The molecule has 2 aromatic rings. The first-order chi connectivity index (χ1) is 9.49. The standard InChI is InChI=1S/C16H17F2NS/c1-10-3-6-12(7-4-10)20-9-14(19)13-8-5-11(2)15(17)16(13)18/h3-8,14H,9,19H2,1-2H3. The van der Waals surface area contributed by atoms with Gasteiger partial charge in [-0.15, -0.1) is 11.8 Å². The van der Waals surface area contributed by atoms with Crippen molar-refractivity contribution in [2.24, 2.45) is 5.73 Å². The van der Waals surface area contributed by atoms with Crippen molar-refractivity contribution in [3.8, 4) is 0 Å². The van der Waals surface area contributed by atoms with Crippen LogP contribution >= 0.6 is 11.8 Å². The molecule has 0 heterocycles. The number of aryl methyl sites for hydroxylation is 2. The van der Waals surface area contributed by atoms with Gasteiger partial charge >= 0.3 is 0 Å². The molecule has 2 aromatic carbocycles. The van der Waals surface area contributed by atoms with Crippen LogP contribution in [0.1, 0.15) is 22.7 Å². The van der Waals surface area contributed by atoms with Crippen molar-refractivity contribution in [2.45, 2.75) is 24.8 Å². The third-order valence-electron chi connectivity index (χ3n) is 3.16. The molecule has 2 N–H and O–H groups in total. The van der Waals surface area contributed by atoms with E-state index >= 15 is 0 Å². The van der Waals surface area contributed by atoms with E-state index in [1.54, 1.807) is 12.1 Å². The van der Waals surface area contributed by atoms with Crippen LogP contribution in [0.25, 0.3) is 0 Å². The van der Waals surface area contributed by atoms with Crippen LogP contribution in [0.2, 0.25) is 0 Å². The van der Waals surface area contributed by atoms with E-state index in [-0.39, 0.29) is 5.56 Å². The van der Waals surface area contributed by atoms with E-state index in [0.717, 1.165) is 4.90 Å². The lowest BCUT2D eigenvalue weighted by atomic mass is 10.1. The van der Waals surface area contributed by atoms with Crippen LogP contribution in [0.3, 0.4) is 0 Å². The predicted octanol–water partition coefficient (Wildman–Crippen LogP) is 4.37. The maximum Gasteiger partial charge on any atom is 0.163 e. The molecule has 20 heavy (non-hydrogen) atoms. The molecule has 106 valence electrons. The Hall–Kier alpha value is -1.39. The smallest absolute Gasteiger partial charge is 0.163 e. The minimum Gasteiger partial charge on any atom is -0.323 e. The fraction of sp³-hybridized carbons (Fsp3) is 0.250. The molecule has 0 aliphatic rings. The van der Waals surface area contributed by atoms with E-state index in [9.17, 15) is 8.78 Å². The van der Waals surface area contributed by atoms with Gasteiger partial charge in [-0.2, -0.15) is 0 Å². The monoisotopic (exact) mass is 293 g/mol. The Bertz CT molecular complexity index is 596. The van der Waals surface area contributed by atoms with Crippen molar-refractivity contribution in [1.82, 2.24) is 0 Å². The molecule has 0 aliphatic carbocycles. The highest BCUT2D eigenvalue weighted by Crippen LogP contribution is 2.26. The lowest BCUT2D eigenvalue weighted by molar-refractivity contribution is 0.488. The zero-order valence-corrected chi connectivity index (χ0v) is 12.3. The summed E-state index contributed by atoms with van der Waals surface area (Å²) >= 11 is 1.54. The second kappa shape index (κ2) is 6.37. The molecule has 0 spiro atoms. The molecule has 0 fully saturated rings. The number of nitrogens with two attached hydrogens (primary N) is 1. The first-order valence-corrected chi connectivity index (χ1v) is 7.37. The second-order valence-electron chi connectivity index (χ2n) is 4.83. The van der Waals surface area contributed by atoms with Gasteiger partial charge in [0.2, 0.25) is 0 Å². The van der Waals surface area contributed by atoms with Crippen molar-refractivity contribution in [3.63, 3.8) is 0 Å². The zero-order valence-electron chi connectivity index (χ0n) is 11.5. The van der Waals surface area contributed by atoms with Crippen molar-refractivity contribution >= 4 is 11.8 Å². The molecule has 1 unspecified atom stereocenters. The van der Waals surface area contributed by atoms with Crippen molar-refractivity contribution in [3.05, 3.63) is 64.7 Å². The van der Waals surface area contributed by atoms with Gasteiger partial charge in [0.25, 0.3) is 0 Å². The van der Waals surface area contributed by atoms with E-state index in [1.807, 2.05) is 31.2 Å². The van der Waals surface area contributed by atoms with E-state index in [2.05, 4.69) is 0 Å². The summed E-state index contributed by atoms with van der Waals surface area (Å²) in [7, 11) is 0. The highest BCUT2D eigenvalue weighted by Gasteiger charge is 2.16. The van der Waals surface area contributed by atoms with Gasteiger partial charge in [0, 0.05) is 22.3 Å². The molecule has 1 nitrogen and oxygen atoms in total. The lowest BCUT2D eigenvalue weighted by Crippen LogP contribution is -2.15. The number of hydrogen-bond donors (Lipinski definition) is 1. The SMILES string of the molecule is Cc1ccc(SCC(N)c2ccc(C)c(F)c2F)cc1. The number of benzene rings is 2. The lowest BCUT2D eigenvalue weighted by Gasteiger charge is -2.14. The molecule has 0 amide bonds. The second-order valence-corrected chi connectivity index (χ2v) is 5.92. The first-order valence-electron chi connectivity index (χ1n) is 6.38. The van der Waals surface area contributed by atoms with Crippen LogP contribution in [-0.4, -0.2) is 5.75 Å². The van der Waals surface area contributed by atoms with Crippen LogP contribution in [-0.2, 0) is 0 Å². The summed E-state index contributed by atoms with van der Waals surface area (Å²) in [6.45, 7) is 3.55. The van der Waals surface area contributed by atoms with Crippen LogP contribution in [0.4, 0.5) is 8.78 Å². The summed E-state index contributed by atoms with van der Waals surface area (Å²) < 4.78 is 27.3. The van der Waals surface area contributed by atoms with Gasteiger partial charge in [-0.25, -0.2) is 8.78 Å². The van der Waals surface area contributed by atoms with Gasteiger partial charge in [-0.1, -0.05) is 29.8 Å². The average Bonchev–Trinajstić information content (AvgIpc) is 2.44. The largest absolute Gasteiger partial charge is 0.323 e. The van der Waals surface area contributed by atoms with Gasteiger partial charge in [0.1, 0.15) is 0 Å². The van der Waals surface area contributed by atoms with Crippen molar-refractivity contribution in [2.75, 3.05) is 5.75 Å². The van der Waals surface area contributed by atoms with Crippen molar-refractivity contribution in [1.29, 1.82) is 0 Å². The van der Waals surface area contributed by atoms with Crippen LogP contribution in [0.15, 0.2) is 41.3 Å². The molecule has 4 heteroatoms.